The van der Waals surface area contributed by atoms with E-state index in [2.05, 4.69) is 10.6 Å². The molecule has 1 saturated heterocycles. The van der Waals surface area contributed by atoms with Crippen LogP contribution >= 0.6 is 11.6 Å². The predicted molar refractivity (Wildman–Crippen MR) is 81.8 cm³/mol. The number of piperidine rings is 1. The molecule has 0 aromatic heterocycles. The Balaban J connectivity index is 2.24. The number of hydrogen-bond donors (Lipinski definition) is 3. The lowest BCUT2D eigenvalue weighted by atomic mass is 9.77. The van der Waals surface area contributed by atoms with Crippen molar-refractivity contribution in [3.8, 4) is 0 Å². The standard InChI is InChI=1S/C15H19ClN2O3/c1-15(2)7-4-8-17-12(15)13(19)18-10-6-3-5-9(16)11(10)14(20)21/h3,5-6,12,17H,4,7-8H2,1-2H3,(H,18,19)(H,20,21). The Hall–Kier alpha value is -1.59. The molecule has 0 radical (unpaired) electrons. The summed E-state index contributed by atoms with van der Waals surface area (Å²) in [6.07, 6.45) is 1.97. The molecule has 3 N–H and O–H groups in total. The largest absolute Gasteiger partial charge is 0.478 e. The molecule has 1 aliphatic rings. The van der Waals surface area contributed by atoms with E-state index in [9.17, 15) is 14.7 Å². The van der Waals surface area contributed by atoms with E-state index in [4.69, 9.17) is 11.6 Å². The first-order valence-corrected chi connectivity index (χ1v) is 7.27. The monoisotopic (exact) mass is 310 g/mol. The van der Waals surface area contributed by atoms with Crippen molar-refractivity contribution in [2.24, 2.45) is 5.41 Å². The molecule has 1 fully saturated rings. The van der Waals surface area contributed by atoms with E-state index in [0.29, 0.717) is 0 Å². The van der Waals surface area contributed by atoms with Gasteiger partial charge in [0.05, 0.1) is 16.8 Å². The van der Waals surface area contributed by atoms with Crippen molar-refractivity contribution in [3.05, 3.63) is 28.8 Å². The number of amides is 1. The summed E-state index contributed by atoms with van der Waals surface area (Å²) in [6.45, 7) is 4.84. The molecule has 1 aromatic carbocycles. The van der Waals surface area contributed by atoms with Crippen molar-refractivity contribution < 1.29 is 14.7 Å². The maximum Gasteiger partial charge on any atom is 0.339 e. The van der Waals surface area contributed by atoms with Crippen molar-refractivity contribution in [1.29, 1.82) is 0 Å². The number of rotatable bonds is 3. The number of aromatic carboxylic acids is 1. The van der Waals surface area contributed by atoms with Crippen LogP contribution in [0.3, 0.4) is 0 Å². The van der Waals surface area contributed by atoms with Crippen LogP contribution in [-0.2, 0) is 4.79 Å². The first-order chi connectivity index (χ1) is 9.83. The van der Waals surface area contributed by atoms with Crippen LogP contribution in [0.15, 0.2) is 18.2 Å². The van der Waals surface area contributed by atoms with Gasteiger partial charge in [-0.2, -0.15) is 0 Å². The zero-order valence-electron chi connectivity index (χ0n) is 12.1. The van der Waals surface area contributed by atoms with Gasteiger partial charge in [0.2, 0.25) is 5.91 Å². The number of carboxylic acids is 1. The fraction of sp³-hybridized carbons (Fsp3) is 0.467. The fourth-order valence-electron chi connectivity index (χ4n) is 2.71. The number of carbonyl (C=O) groups excluding carboxylic acids is 1. The predicted octanol–water partition coefficient (Wildman–Crippen LogP) is 2.75. The molecule has 0 spiro atoms. The Morgan fingerprint density at radius 3 is 2.76 bits per heavy atom. The summed E-state index contributed by atoms with van der Waals surface area (Å²) in [5.41, 5.74) is -0.0334. The van der Waals surface area contributed by atoms with Gasteiger partial charge in [0.25, 0.3) is 0 Å². The number of carbonyl (C=O) groups is 2. The summed E-state index contributed by atoms with van der Waals surface area (Å²) in [6, 6.07) is 4.29. The summed E-state index contributed by atoms with van der Waals surface area (Å²) in [4.78, 5) is 23.7. The van der Waals surface area contributed by atoms with Gasteiger partial charge >= 0.3 is 5.97 Å². The van der Waals surface area contributed by atoms with Gasteiger partial charge in [0, 0.05) is 0 Å². The zero-order valence-corrected chi connectivity index (χ0v) is 12.8. The van der Waals surface area contributed by atoms with E-state index in [1.807, 2.05) is 13.8 Å². The normalized spacial score (nSPS) is 20.8. The molecule has 0 saturated carbocycles. The Bertz CT molecular complexity index is 572. The molecule has 1 aromatic rings. The minimum Gasteiger partial charge on any atom is -0.478 e. The van der Waals surface area contributed by atoms with Gasteiger partial charge in [-0.15, -0.1) is 0 Å². The average molecular weight is 311 g/mol. The zero-order chi connectivity index (χ0) is 15.6. The number of nitrogens with one attached hydrogen (secondary N) is 2. The van der Waals surface area contributed by atoms with Crippen LogP contribution in [0.2, 0.25) is 5.02 Å². The number of benzene rings is 1. The quantitative estimate of drug-likeness (QED) is 0.802. The molecule has 1 amide bonds. The van der Waals surface area contributed by atoms with Crippen molar-refractivity contribution in [1.82, 2.24) is 5.32 Å². The second kappa shape index (κ2) is 6.03. The Labute approximate surface area is 128 Å². The van der Waals surface area contributed by atoms with Gasteiger partial charge in [0.15, 0.2) is 0 Å². The van der Waals surface area contributed by atoms with E-state index in [-0.39, 0.29) is 33.6 Å². The van der Waals surface area contributed by atoms with Gasteiger partial charge in [-0.1, -0.05) is 31.5 Å². The van der Waals surface area contributed by atoms with E-state index in [0.717, 1.165) is 19.4 Å². The highest BCUT2D eigenvalue weighted by Gasteiger charge is 2.37. The van der Waals surface area contributed by atoms with Gasteiger partial charge in [-0.25, -0.2) is 4.79 Å². The van der Waals surface area contributed by atoms with Crippen molar-refractivity contribution in [2.45, 2.75) is 32.7 Å². The molecule has 6 heteroatoms. The highest BCUT2D eigenvalue weighted by atomic mass is 35.5. The van der Waals surface area contributed by atoms with Crippen LogP contribution in [0.25, 0.3) is 0 Å². The first-order valence-electron chi connectivity index (χ1n) is 6.89. The second-order valence-electron chi connectivity index (χ2n) is 5.94. The second-order valence-corrected chi connectivity index (χ2v) is 6.34. The lowest BCUT2D eigenvalue weighted by Gasteiger charge is -2.38. The van der Waals surface area contributed by atoms with Crippen LogP contribution in [0, 0.1) is 5.41 Å². The molecule has 0 bridgehead atoms. The van der Waals surface area contributed by atoms with Crippen LogP contribution in [0.1, 0.15) is 37.0 Å². The third kappa shape index (κ3) is 3.36. The third-order valence-corrected chi connectivity index (χ3v) is 4.19. The maximum atomic E-state index is 12.5. The van der Waals surface area contributed by atoms with Crippen LogP contribution in [0.5, 0.6) is 0 Å². The van der Waals surface area contributed by atoms with Crippen molar-refractivity contribution >= 4 is 29.2 Å². The minimum atomic E-state index is -1.16. The summed E-state index contributed by atoms with van der Waals surface area (Å²) in [5.74, 6) is -1.39. The Morgan fingerprint density at radius 2 is 2.14 bits per heavy atom. The molecule has 0 aliphatic carbocycles. The lowest BCUT2D eigenvalue weighted by molar-refractivity contribution is -0.121. The molecule has 114 valence electrons. The molecule has 21 heavy (non-hydrogen) atoms. The van der Waals surface area contributed by atoms with Gasteiger partial charge in [-0.05, 0) is 36.9 Å². The smallest absolute Gasteiger partial charge is 0.339 e. The molecule has 1 atom stereocenters. The van der Waals surface area contributed by atoms with Crippen LogP contribution in [-0.4, -0.2) is 29.6 Å². The SMILES string of the molecule is CC1(C)CCCNC1C(=O)Nc1cccc(Cl)c1C(=O)O. The highest BCUT2D eigenvalue weighted by molar-refractivity contribution is 6.34. The Kier molecular flexibility index (Phi) is 4.54. The molecule has 2 rings (SSSR count). The number of hydrogen-bond acceptors (Lipinski definition) is 3. The maximum absolute atomic E-state index is 12.5. The van der Waals surface area contributed by atoms with Crippen LogP contribution < -0.4 is 10.6 Å². The van der Waals surface area contributed by atoms with E-state index >= 15 is 0 Å². The average Bonchev–Trinajstić information content (AvgIpc) is 2.37. The topological polar surface area (TPSA) is 78.4 Å². The number of carboxylic acid groups (broad SMARTS) is 1. The Morgan fingerprint density at radius 1 is 1.43 bits per heavy atom. The number of anilines is 1. The molecule has 1 aliphatic heterocycles. The molecule has 5 nitrogen and oxygen atoms in total. The van der Waals surface area contributed by atoms with Gasteiger partial charge in [-0.3, -0.25) is 4.79 Å². The molecule has 1 unspecified atom stereocenters. The fourth-order valence-corrected chi connectivity index (χ4v) is 2.96. The molecule has 1 heterocycles. The van der Waals surface area contributed by atoms with Crippen molar-refractivity contribution in [2.75, 3.05) is 11.9 Å². The summed E-state index contributed by atoms with van der Waals surface area (Å²) in [5, 5.41) is 15.2. The van der Waals surface area contributed by atoms with E-state index in [1.54, 1.807) is 12.1 Å². The van der Waals surface area contributed by atoms with E-state index in [1.165, 1.54) is 6.07 Å². The van der Waals surface area contributed by atoms with E-state index < -0.39 is 5.97 Å². The van der Waals surface area contributed by atoms with Crippen LogP contribution in [0.4, 0.5) is 5.69 Å². The summed E-state index contributed by atoms with van der Waals surface area (Å²) in [7, 11) is 0. The molecular weight excluding hydrogens is 292 g/mol. The van der Waals surface area contributed by atoms with Crippen molar-refractivity contribution in [3.63, 3.8) is 0 Å². The highest BCUT2D eigenvalue weighted by Crippen LogP contribution is 2.31. The third-order valence-electron chi connectivity index (χ3n) is 3.88. The molecular formula is C15H19ClN2O3. The lowest BCUT2D eigenvalue weighted by Crippen LogP contribution is -2.53. The minimum absolute atomic E-state index is 0.0823. The first kappa shape index (κ1) is 15.8. The van der Waals surface area contributed by atoms with Gasteiger partial charge in [0.1, 0.15) is 5.56 Å². The van der Waals surface area contributed by atoms with Gasteiger partial charge < -0.3 is 15.7 Å². The summed E-state index contributed by atoms with van der Waals surface area (Å²) >= 11 is 5.90. The summed E-state index contributed by atoms with van der Waals surface area (Å²) < 4.78 is 0. The number of halogens is 1.